The molecule has 2 aromatic rings. The molecule has 0 bridgehead atoms. The Morgan fingerprint density at radius 1 is 1.03 bits per heavy atom. The Bertz CT molecular complexity index is 1000. The Balaban J connectivity index is 1.48. The largest absolute Gasteiger partial charge is 0.416 e. The van der Waals surface area contributed by atoms with Gasteiger partial charge in [-0.1, -0.05) is 37.3 Å². The molecule has 5 nitrogen and oxygen atoms in total. The lowest BCUT2D eigenvalue weighted by molar-refractivity contribution is -0.139. The van der Waals surface area contributed by atoms with Gasteiger partial charge < -0.3 is 15.1 Å². The van der Waals surface area contributed by atoms with Gasteiger partial charge in [-0.05, 0) is 67.7 Å². The van der Waals surface area contributed by atoms with Gasteiger partial charge in [-0.25, -0.2) is 0 Å². The van der Waals surface area contributed by atoms with E-state index in [1.165, 1.54) is 23.3 Å². The number of halogens is 3. The number of carbonyl (C=O) groups excluding carboxylic acids is 1. The van der Waals surface area contributed by atoms with Crippen molar-refractivity contribution in [3.8, 4) is 0 Å². The Morgan fingerprint density at radius 3 is 2.54 bits per heavy atom. The third kappa shape index (κ3) is 6.55. The monoisotopic (exact) mass is 488 g/mol. The molecule has 2 heterocycles. The van der Waals surface area contributed by atoms with E-state index in [2.05, 4.69) is 28.1 Å². The molecule has 2 aliphatic heterocycles. The summed E-state index contributed by atoms with van der Waals surface area (Å²) < 4.78 is 40.8. The predicted octanol–water partition coefficient (Wildman–Crippen LogP) is 4.62. The van der Waals surface area contributed by atoms with Gasteiger partial charge in [0.15, 0.2) is 0 Å². The van der Waals surface area contributed by atoms with Crippen LogP contribution < -0.4 is 5.32 Å². The highest BCUT2D eigenvalue weighted by atomic mass is 19.4. The van der Waals surface area contributed by atoms with Gasteiger partial charge in [-0.3, -0.25) is 9.69 Å². The zero-order valence-electron chi connectivity index (χ0n) is 20.4. The number of carbonyl (C=O) groups is 1. The van der Waals surface area contributed by atoms with Crippen molar-refractivity contribution >= 4 is 11.6 Å². The number of anilines is 1. The van der Waals surface area contributed by atoms with E-state index in [1.54, 1.807) is 11.0 Å². The fourth-order valence-corrected chi connectivity index (χ4v) is 5.06. The quantitative estimate of drug-likeness (QED) is 0.559. The van der Waals surface area contributed by atoms with E-state index in [4.69, 9.17) is 0 Å². The average Bonchev–Trinajstić information content (AvgIpc) is 3.38. The van der Waals surface area contributed by atoms with E-state index in [0.29, 0.717) is 13.1 Å². The van der Waals surface area contributed by atoms with E-state index in [9.17, 15) is 18.0 Å². The zero-order valence-corrected chi connectivity index (χ0v) is 20.4. The minimum atomic E-state index is -4.45. The summed E-state index contributed by atoms with van der Waals surface area (Å²) in [5.74, 6) is -0.193. The first-order valence-corrected chi connectivity index (χ1v) is 12.6. The van der Waals surface area contributed by atoms with Gasteiger partial charge in [0.1, 0.15) is 0 Å². The topological polar surface area (TPSA) is 38.8 Å². The first kappa shape index (κ1) is 25.5. The van der Waals surface area contributed by atoms with E-state index < -0.39 is 11.7 Å². The summed E-state index contributed by atoms with van der Waals surface area (Å²) >= 11 is 0. The van der Waals surface area contributed by atoms with Crippen LogP contribution in [0.1, 0.15) is 42.0 Å². The fraction of sp³-hybridized carbons (Fsp3) is 0.519. The molecule has 0 radical (unpaired) electrons. The lowest BCUT2D eigenvalue weighted by Gasteiger charge is -2.30. The molecule has 35 heavy (non-hydrogen) atoms. The molecule has 0 aromatic heterocycles. The van der Waals surface area contributed by atoms with Crippen LogP contribution in [0.15, 0.2) is 42.5 Å². The lowest BCUT2D eigenvalue weighted by Crippen LogP contribution is -2.40. The van der Waals surface area contributed by atoms with Crippen molar-refractivity contribution in [1.29, 1.82) is 0 Å². The van der Waals surface area contributed by atoms with Crippen molar-refractivity contribution in [2.75, 3.05) is 51.1 Å². The normalized spacial score (nSPS) is 16.8. The summed E-state index contributed by atoms with van der Waals surface area (Å²) in [7, 11) is 0. The molecule has 190 valence electrons. The molecule has 2 aromatic carbocycles. The van der Waals surface area contributed by atoms with E-state index in [0.717, 1.165) is 63.7 Å². The standard InChI is InChI=1S/C27H35F3N4O/c1-2-32-15-12-21-9-7-11-25(23(21)20-32)31-18-26(35)34(17-16-33-13-5-6-14-33)19-22-8-3-4-10-24(22)27(28,29)30/h3-4,7-11,31H,2,5-6,12-20H2,1H3. The zero-order chi connectivity index (χ0) is 24.8. The number of hydrogen-bond acceptors (Lipinski definition) is 4. The second-order valence-corrected chi connectivity index (χ2v) is 9.43. The molecular formula is C27H35F3N4O. The van der Waals surface area contributed by atoms with E-state index in [-0.39, 0.29) is 24.6 Å². The molecule has 0 aliphatic carbocycles. The summed E-state index contributed by atoms with van der Waals surface area (Å²) in [6, 6.07) is 11.7. The smallest absolute Gasteiger partial charge is 0.376 e. The highest BCUT2D eigenvalue weighted by Gasteiger charge is 2.33. The summed E-state index contributed by atoms with van der Waals surface area (Å²) in [5.41, 5.74) is 2.88. The van der Waals surface area contributed by atoms with Crippen LogP contribution in [-0.4, -0.2) is 66.4 Å². The average molecular weight is 489 g/mol. The van der Waals surface area contributed by atoms with Crippen molar-refractivity contribution < 1.29 is 18.0 Å². The number of hydrogen-bond donors (Lipinski definition) is 1. The molecule has 0 atom stereocenters. The molecule has 8 heteroatoms. The number of likely N-dealkylation sites (N-methyl/N-ethyl adjacent to an activating group) is 1. The van der Waals surface area contributed by atoms with E-state index in [1.807, 2.05) is 12.1 Å². The highest BCUT2D eigenvalue weighted by Crippen LogP contribution is 2.32. The molecule has 1 saturated heterocycles. The molecule has 0 saturated carbocycles. The third-order valence-electron chi connectivity index (χ3n) is 7.15. The number of alkyl halides is 3. The Labute approximate surface area is 205 Å². The van der Waals surface area contributed by atoms with Crippen LogP contribution >= 0.6 is 0 Å². The maximum absolute atomic E-state index is 13.6. The molecule has 4 rings (SSSR count). The molecule has 1 N–H and O–H groups in total. The number of nitrogens with zero attached hydrogens (tertiary/aromatic N) is 3. The van der Waals surface area contributed by atoms with Crippen LogP contribution in [0.3, 0.4) is 0 Å². The number of likely N-dealkylation sites (tertiary alicyclic amines) is 1. The second-order valence-electron chi connectivity index (χ2n) is 9.43. The SMILES string of the molecule is CCN1CCc2cccc(NCC(=O)N(CCN3CCCC3)Cc3ccccc3C(F)(F)F)c2C1. The van der Waals surface area contributed by atoms with Gasteiger partial charge in [0, 0.05) is 38.4 Å². The minimum Gasteiger partial charge on any atom is -0.376 e. The van der Waals surface area contributed by atoms with Crippen LogP contribution in [0.2, 0.25) is 0 Å². The first-order chi connectivity index (χ1) is 16.8. The number of fused-ring (bicyclic) bond motifs is 1. The summed E-state index contributed by atoms with van der Waals surface area (Å²) in [4.78, 5) is 19.5. The Morgan fingerprint density at radius 2 is 1.80 bits per heavy atom. The van der Waals surface area contributed by atoms with Crippen LogP contribution in [0.5, 0.6) is 0 Å². The molecule has 0 spiro atoms. The van der Waals surface area contributed by atoms with Gasteiger partial charge >= 0.3 is 6.18 Å². The van der Waals surface area contributed by atoms with Gasteiger partial charge in [-0.2, -0.15) is 13.2 Å². The molecule has 1 amide bonds. The van der Waals surface area contributed by atoms with Crippen molar-refractivity contribution in [2.24, 2.45) is 0 Å². The Kier molecular flexibility index (Phi) is 8.34. The van der Waals surface area contributed by atoms with Crippen LogP contribution in [0.25, 0.3) is 0 Å². The Hall–Kier alpha value is -2.58. The first-order valence-electron chi connectivity index (χ1n) is 12.6. The maximum atomic E-state index is 13.6. The van der Waals surface area contributed by atoms with Gasteiger partial charge in [0.25, 0.3) is 0 Å². The number of rotatable bonds is 9. The van der Waals surface area contributed by atoms with Crippen molar-refractivity contribution in [3.63, 3.8) is 0 Å². The summed E-state index contributed by atoms with van der Waals surface area (Å²) in [5, 5.41) is 3.30. The van der Waals surface area contributed by atoms with Gasteiger partial charge in [0.2, 0.25) is 5.91 Å². The van der Waals surface area contributed by atoms with E-state index >= 15 is 0 Å². The predicted molar refractivity (Wildman–Crippen MR) is 132 cm³/mol. The highest BCUT2D eigenvalue weighted by molar-refractivity contribution is 5.81. The van der Waals surface area contributed by atoms with Crippen molar-refractivity contribution in [1.82, 2.24) is 14.7 Å². The molecule has 1 fully saturated rings. The van der Waals surface area contributed by atoms with Crippen LogP contribution in [0, 0.1) is 0 Å². The number of amides is 1. The molecule has 2 aliphatic rings. The third-order valence-corrected chi connectivity index (χ3v) is 7.15. The second kappa shape index (κ2) is 11.4. The van der Waals surface area contributed by atoms with Crippen LogP contribution in [0.4, 0.5) is 18.9 Å². The number of benzene rings is 2. The lowest BCUT2D eigenvalue weighted by atomic mass is 9.98. The summed E-state index contributed by atoms with van der Waals surface area (Å²) in [6.45, 7) is 7.99. The fourth-order valence-electron chi connectivity index (χ4n) is 5.06. The molecular weight excluding hydrogens is 453 g/mol. The summed E-state index contributed by atoms with van der Waals surface area (Å²) in [6.07, 6.45) is -1.23. The number of nitrogens with one attached hydrogen (secondary N) is 1. The maximum Gasteiger partial charge on any atom is 0.416 e. The van der Waals surface area contributed by atoms with Gasteiger partial charge in [-0.15, -0.1) is 0 Å². The van der Waals surface area contributed by atoms with Gasteiger partial charge in [0.05, 0.1) is 12.1 Å². The van der Waals surface area contributed by atoms with Crippen molar-refractivity contribution in [3.05, 3.63) is 64.7 Å². The van der Waals surface area contributed by atoms with Crippen LogP contribution in [-0.2, 0) is 30.5 Å². The minimum absolute atomic E-state index is 0.0523. The van der Waals surface area contributed by atoms with Crippen molar-refractivity contribution in [2.45, 2.75) is 45.5 Å². The molecule has 0 unspecified atom stereocenters.